The summed E-state index contributed by atoms with van der Waals surface area (Å²) in [7, 11) is 1.56. The molecule has 0 heterocycles. The molecule has 2 aromatic carbocycles. The highest BCUT2D eigenvalue weighted by molar-refractivity contribution is 6.32. The van der Waals surface area contributed by atoms with E-state index in [1.54, 1.807) is 31.4 Å². The maximum absolute atomic E-state index is 11.8. The number of nitrogens with one attached hydrogen (secondary N) is 1. The molecule has 120 valence electrons. The second-order valence-electron chi connectivity index (χ2n) is 4.52. The predicted molar refractivity (Wildman–Crippen MR) is 85.5 cm³/mol. The van der Waals surface area contributed by atoms with Gasteiger partial charge in [0.15, 0.2) is 6.61 Å². The van der Waals surface area contributed by atoms with Crippen molar-refractivity contribution in [1.82, 2.24) is 0 Å². The summed E-state index contributed by atoms with van der Waals surface area (Å²) >= 11 is 5.92. The lowest BCUT2D eigenvalue weighted by molar-refractivity contribution is -0.118. The monoisotopic (exact) mass is 335 g/mol. The van der Waals surface area contributed by atoms with Crippen molar-refractivity contribution in [2.45, 2.75) is 0 Å². The number of carboxylic acid groups (broad SMARTS) is 1. The van der Waals surface area contributed by atoms with Crippen molar-refractivity contribution in [2.75, 3.05) is 19.0 Å². The van der Waals surface area contributed by atoms with Crippen LogP contribution in [0.25, 0.3) is 0 Å². The molecule has 0 bridgehead atoms. The van der Waals surface area contributed by atoms with Crippen molar-refractivity contribution in [2.24, 2.45) is 0 Å². The number of benzene rings is 2. The summed E-state index contributed by atoms with van der Waals surface area (Å²) in [5.74, 6) is -0.532. The smallest absolute Gasteiger partial charge is 0.335 e. The van der Waals surface area contributed by atoms with Crippen LogP contribution in [0, 0.1) is 0 Å². The van der Waals surface area contributed by atoms with Gasteiger partial charge in [-0.05, 0) is 42.5 Å². The first kappa shape index (κ1) is 16.6. The van der Waals surface area contributed by atoms with Crippen molar-refractivity contribution in [3.05, 3.63) is 53.1 Å². The Morgan fingerprint density at radius 1 is 1.17 bits per heavy atom. The van der Waals surface area contributed by atoms with Gasteiger partial charge in [0.1, 0.15) is 11.5 Å². The Kier molecular flexibility index (Phi) is 5.43. The van der Waals surface area contributed by atoms with Gasteiger partial charge in [-0.3, -0.25) is 4.79 Å². The third kappa shape index (κ3) is 4.62. The number of anilines is 1. The molecule has 0 spiro atoms. The minimum Gasteiger partial charge on any atom is -0.497 e. The molecule has 0 fully saturated rings. The highest BCUT2D eigenvalue weighted by Gasteiger charge is 2.10. The third-order valence-electron chi connectivity index (χ3n) is 2.91. The molecule has 2 aromatic rings. The largest absolute Gasteiger partial charge is 0.497 e. The molecule has 7 heteroatoms. The number of halogens is 1. The summed E-state index contributed by atoms with van der Waals surface area (Å²) in [6, 6.07) is 10.9. The summed E-state index contributed by atoms with van der Waals surface area (Å²) in [6.45, 7) is -0.252. The molecular weight excluding hydrogens is 322 g/mol. The van der Waals surface area contributed by atoms with Gasteiger partial charge >= 0.3 is 5.97 Å². The average Bonchev–Trinajstić information content (AvgIpc) is 2.54. The van der Waals surface area contributed by atoms with E-state index in [4.69, 9.17) is 26.2 Å². The van der Waals surface area contributed by atoms with Crippen LogP contribution in [0.15, 0.2) is 42.5 Å². The van der Waals surface area contributed by atoms with Crippen molar-refractivity contribution < 1.29 is 24.2 Å². The quantitative estimate of drug-likeness (QED) is 0.847. The van der Waals surface area contributed by atoms with E-state index in [2.05, 4.69) is 5.32 Å². The topological polar surface area (TPSA) is 84.9 Å². The first-order valence-electron chi connectivity index (χ1n) is 6.59. The lowest BCUT2D eigenvalue weighted by Gasteiger charge is -2.09. The van der Waals surface area contributed by atoms with Crippen LogP contribution in [-0.2, 0) is 4.79 Å². The molecule has 0 radical (unpaired) electrons. The fourth-order valence-electron chi connectivity index (χ4n) is 1.77. The minimum absolute atomic E-state index is 0.0463. The lowest BCUT2D eigenvalue weighted by atomic mass is 10.2. The molecule has 0 atom stereocenters. The molecule has 0 saturated heterocycles. The van der Waals surface area contributed by atoms with E-state index in [0.717, 1.165) is 0 Å². The van der Waals surface area contributed by atoms with Gasteiger partial charge in [-0.25, -0.2) is 4.79 Å². The zero-order valence-electron chi connectivity index (χ0n) is 12.2. The van der Waals surface area contributed by atoms with Crippen molar-refractivity contribution in [3.63, 3.8) is 0 Å². The zero-order valence-corrected chi connectivity index (χ0v) is 13.0. The number of aromatic carboxylic acids is 1. The van der Waals surface area contributed by atoms with Crippen LogP contribution in [-0.4, -0.2) is 30.7 Å². The summed E-state index contributed by atoms with van der Waals surface area (Å²) in [5.41, 5.74) is 0.650. The summed E-state index contributed by atoms with van der Waals surface area (Å²) in [5, 5.41) is 11.6. The fourth-order valence-corrected chi connectivity index (χ4v) is 2.00. The highest BCUT2D eigenvalue weighted by atomic mass is 35.5. The Morgan fingerprint density at radius 3 is 2.43 bits per heavy atom. The van der Waals surface area contributed by atoms with Crippen LogP contribution in [0.3, 0.4) is 0 Å². The van der Waals surface area contributed by atoms with Gasteiger partial charge in [-0.15, -0.1) is 0 Å². The van der Waals surface area contributed by atoms with Crippen LogP contribution < -0.4 is 14.8 Å². The SMILES string of the molecule is COc1ccc(NC(=O)COc2ccc(C(=O)O)cc2Cl)cc1. The molecule has 0 aromatic heterocycles. The van der Waals surface area contributed by atoms with Crippen LogP contribution in [0.2, 0.25) is 5.02 Å². The molecule has 0 unspecified atom stereocenters. The minimum atomic E-state index is -1.09. The molecule has 1 amide bonds. The average molecular weight is 336 g/mol. The normalized spacial score (nSPS) is 10.0. The van der Waals surface area contributed by atoms with E-state index in [-0.39, 0.29) is 28.8 Å². The summed E-state index contributed by atoms with van der Waals surface area (Å²) in [4.78, 5) is 22.6. The molecule has 0 saturated carbocycles. The van der Waals surface area contributed by atoms with E-state index in [9.17, 15) is 9.59 Å². The number of methoxy groups -OCH3 is 1. The van der Waals surface area contributed by atoms with Crippen LogP contribution >= 0.6 is 11.6 Å². The number of hydrogen-bond acceptors (Lipinski definition) is 4. The first-order chi connectivity index (χ1) is 11.0. The van der Waals surface area contributed by atoms with Gasteiger partial charge < -0.3 is 19.9 Å². The molecule has 2 rings (SSSR count). The molecule has 6 nitrogen and oxygen atoms in total. The Balaban J connectivity index is 1.92. The van der Waals surface area contributed by atoms with E-state index in [1.165, 1.54) is 18.2 Å². The second kappa shape index (κ2) is 7.51. The molecule has 0 aliphatic rings. The van der Waals surface area contributed by atoms with Crippen molar-refractivity contribution >= 4 is 29.2 Å². The van der Waals surface area contributed by atoms with Crippen LogP contribution in [0.4, 0.5) is 5.69 Å². The van der Waals surface area contributed by atoms with Gasteiger partial charge in [0.2, 0.25) is 0 Å². The number of carbonyl (C=O) groups excluding carboxylic acids is 1. The molecule has 0 aliphatic heterocycles. The predicted octanol–water partition coefficient (Wildman–Crippen LogP) is 3.06. The standard InChI is InChI=1S/C16H14ClNO5/c1-22-12-5-3-11(4-6-12)18-15(19)9-23-14-7-2-10(16(20)21)8-13(14)17/h2-8H,9H2,1H3,(H,18,19)(H,20,21). The molecular formula is C16H14ClNO5. The van der Waals surface area contributed by atoms with Gasteiger partial charge in [-0.1, -0.05) is 11.6 Å². The van der Waals surface area contributed by atoms with Gasteiger partial charge in [0.05, 0.1) is 17.7 Å². The molecule has 0 aliphatic carbocycles. The van der Waals surface area contributed by atoms with Crippen molar-refractivity contribution in [1.29, 1.82) is 0 Å². The van der Waals surface area contributed by atoms with E-state index in [0.29, 0.717) is 11.4 Å². The maximum Gasteiger partial charge on any atom is 0.335 e. The van der Waals surface area contributed by atoms with E-state index >= 15 is 0 Å². The van der Waals surface area contributed by atoms with E-state index in [1.807, 2.05) is 0 Å². The number of carboxylic acids is 1. The number of ether oxygens (including phenoxy) is 2. The van der Waals surface area contributed by atoms with Crippen LogP contribution in [0.5, 0.6) is 11.5 Å². The molecule has 2 N–H and O–H groups in total. The van der Waals surface area contributed by atoms with E-state index < -0.39 is 5.97 Å². The fraction of sp³-hybridized carbons (Fsp3) is 0.125. The Bertz CT molecular complexity index is 715. The van der Waals surface area contributed by atoms with Gasteiger partial charge in [-0.2, -0.15) is 0 Å². The summed E-state index contributed by atoms with van der Waals surface area (Å²) < 4.78 is 10.3. The first-order valence-corrected chi connectivity index (χ1v) is 6.97. The summed E-state index contributed by atoms with van der Waals surface area (Å²) in [6.07, 6.45) is 0. The third-order valence-corrected chi connectivity index (χ3v) is 3.21. The maximum atomic E-state index is 11.8. The van der Waals surface area contributed by atoms with Gasteiger partial charge in [0.25, 0.3) is 5.91 Å². The highest BCUT2D eigenvalue weighted by Crippen LogP contribution is 2.25. The second-order valence-corrected chi connectivity index (χ2v) is 4.92. The molecule has 23 heavy (non-hydrogen) atoms. The lowest BCUT2D eigenvalue weighted by Crippen LogP contribution is -2.20. The Labute approximate surface area is 137 Å². The van der Waals surface area contributed by atoms with Crippen molar-refractivity contribution in [3.8, 4) is 11.5 Å². The Morgan fingerprint density at radius 2 is 1.87 bits per heavy atom. The number of rotatable bonds is 6. The number of hydrogen-bond donors (Lipinski definition) is 2. The number of amides is 1. The van der Waals surface area contributed by atoms with Gasteiger partial charge in [0, 0.05) is 5.69 Å². The zero-order chi connectivity index (χ0) is 16.8. The number of carbonyl (C=O) groups is 2. The van der Waals surface area contributed by atoms with Crippen LogP contribution in [0.1, 0.15) is 10.4 Å². The Hall–Kier alpha value is -2.73.